The Morgan fingerprint density at radius 3 is 2.75 bits per heavy atom. The predicted molar refractivity (Wildman–Crippen MR) is 78.9 cm³/mol. The van der Waals surface area contributed by atoms with Gasteiger partial charge in [-0.3, -0.25) is 4.90 Å². The Morgan fingerprint density at radius 2 is 2.10 bits per heavy atom. The average molecular weight is 276 g/mol. The second kappa shape index (κ2) is 6.12. The van der Waals surface area contributed by atoms with E-state index in [9.17, 15) is 0 Å². The maximum absolute atomic E-state index is 6.05. The molecular weight excluding hydrogens is 252 g/mol. The zero-order valence-corrected chi connectivity index (χ0v) is 12.1. The third kappa shape index (κ3) is 2.82. The lowest BCUT2D eigenvalue weighted by Gasteiger charge is -2.37. The molecule has 2 heterocycles. The van der Waals surface area contributed by atoms with E-state index in [1.54, 1.807) is 0 Å². The number of hydrogen-bond acceptors (Lipinski definition) is 4. The summed E-state index contributed by atoms with van der Waals surface area (Å²) in [6.45, 7) is 5.33. The molecule has 2 N–H and O–H groups in total. The Labute approximate surface area is 120 Å². The summed E-state index contributed by atoms with van der Waals surface area (Å²) >= 11 is 0. The van der Waals surface area contributed by atoms with Crippen LogP contribution in [0, 0.1) is 0 Å². The molecule has 110 valence electrons. The number of nitrogens with zero attached hydrogens (tertiary/aromatic N) is 1. The lowest BCUT2D eigenvalue weighted by molar-refractivity contribution is -0.0521. The fourth-order valence-corrected chi connectivity index (χ4v) is 3.38. The molecule has 0 radical (unpaired) electrons. The van der Waals surface area contributed by atoms with Crippen LogP contribution in [0.15, 0.2) is 24.3 Å². The Kier molecular flexibility index (Phi) is 4.24. The van der Waals surface area contributed by atoms with Crippen molar-refractivity contribution in [2.24, 2.45) is 5.73 Å². The minimum atomic E-state index is 0.266. The van der Waals surface area contributed by atoms with Crippen LogP contribution in [0.25, 0.3) is 0 Å². The number of rotatable bonds is 5. The molecule has 2 fully saturated rings. The van der Waals surface area contributed by atoms with Crippen LogP contribution in [-0.4, -0.2) is 43.3 Å². The molecule has 3 rings (SSSR count). The van der Waals surface area contributed by atoms with E-state index in [1.807, 2.05) is 13.0 Å². The molecule has 0 saturated carbocycles. The number of likely N-dealkylation sites (tertiary alicyclic amines) is 1. The molecule has 20 heavy (non-hydrogen) atoms. The highest BCUT2D eigenvalue weighted by Gasteiger charge is 2.36. The molecule has 4 nitrogen and oxygen atoms in total. The van der Waals surface area contributed by atoms with Crippen LogP contribution in [0.2, 0.25) is 0 Å². The monoisotopic (exact) mass is 276 g/mol. The molecule has 0 amide bonds. The van der Waals surface area contributed by atoms with Crippen LogP contribution in [0.4, 0.5) is 0 Å². The van der Waals surface area contributed by atoms with Crippen molar-refractivity contribution < 1.29 is 9.47 Å². The van der Waals surface area contributed by atoms with Crippen LogP contribution in [0.1, 0.15) is 31.4 Å². The summed E-state index contributed by atoms with van der Waals surface area (Å²) in [5, 5.41) is 0. The van der Waals surface area contributed by atoms with E-state index >= 15 is 0 Å². The largest absolute Gasteiger partial charge is 0.494 e. The molecule has 2 bridgehead atoms. The number of benzene rings is 1. The van der Waals surface area contributed by atoms with Gasteiger partial charge >= 0.3 is 0 Å². The van der Waals surface area contributed by atoms with Gasteiger partial charge in [-0.1, -0.05) is 12.1 Å². The zero-order chi connectivity index (χ0) is 13.9. The molecule has 3 unspecified atom stereocenters. The van der Waals surface area contributed by atoms with Crippen LogP contribution in [0.3, 0.4) is 0 Å². The highest BCUT2D eigenvalue weighted by molar-refractivity contribution is 5.31. The van der Waals surface area contributed by atoms with Crippen LogP contribution >= 0.6 is 0 Å². The smallest absolute Gasteiger partial charge is 0.119 e. The molecule has 2 aliphatic heterocycles. The molecule has 0 spiro atoms. The first-order chi connectivity index (χ1) is 9.80. The van der Waals surface area contributed by atoms with Gasteiger partial charge in [0.05, 0.1) is 18.8 Å². The molecule has 0 aliphatic carbocycles. The van der Waals surface area contributed by atoms with Gasteiger partial charge in [0.1, 0.15) is 5.75 Å². The third-order valence-electron chi connectivity index (χ3n) is 4.29. The Bertz CT molecular complexity index is 440. The number of ether oxygens (including phenoxy) is 2. The topological polar surface area (TPSA) is 47.7 Å². The minimum absolute atomic E-state index is 0.266. The van der Waals surface area contributed by atoms with Gasteiger partial charge in [-0.25, -0.2) is 0 Å². The van der Waals surface area contributed by atoms with Crippen LogP contribution in [0.5, 0.6) is 5.75 Å². The van der Waals surface area contributed by atoms with Crippen molar-refractivity contribution in [3.63, 3.8) is 0 Å². The summed E-state index contributed by atoms with van der Waals surface area (Å²) in [5.41, 5.74) is 7.30. The first-order valence-electron chi connectivity index (χ1n) is 7.62. The molecule has 4 heteroatoms. The first-order valence-corrected chi connectivity index (χ1v) is 7.62. The fourth-order valence-electron chi connectivity index (χ4n) is 3.38. The zero-order valence-electron chi connectivity index (χ0n) is 12.1. The second-order valence-corrected chi connectivity index (χ2v) is 5.67. The summed E-state index contributed by atoms with van der Waals surface area (Å²) in [5.74, 6) is 0.930. The van der Waals surface area contributed by atoms with Gasteiger partial charge in [0, 0.05) is 25.7 Å². The summed E-state index contributed by atoms with van der Waals surface area (Å²) in [7, 11) is 0. The lowest BCUT2D eigenvalue weighted by atomic mass is 10.0. The molecular formula is C16H24N2O2. The maximum atomic E-state index is 6.05. The Balaban J connectivity index is 1.77. The number of fused-ring (bicyclic) bond motifs is 2. The Hall–Kier alpha value is -1.10. The van der Waals surface area contributed by atoms with Crippen molar-refractivity contribution >= 4 is 0 Å². The maximum Gasteiger partial charge on any atom is 0.119 e. The summed E-state index contributed by atoms with van der Waals surface area (Å²) in [6.07, 6.45) is 3.19. The lowest BCUT2D eigenvalue weighted by Crippen LogP contribution is -2.46. The molecule has 3 atom stereocenters. The first kappa shape index (κ1) is 13.9. The van der Waals surface area contributed by atoms with Crippen molar-refractivity contribution in [2.45, 2.75) is 38.0 Å². The summed E-state index contributed by atoms with van der Waals surface area (Å²) in [4.78, 5) is 2.48. The molecule has 1 aromatic rings. The standard InChI is InChI=1S/C16H24N2O2/c1-2-19-13-5-3-4-12(8-13)16(9-17)18-10-14-6-7-15(11-18)20-14/h3-5,8,14-16H,2,6-7,9-11,17H2,1H3. The SMILES string of the molecule is CCOc1cccc(C(CN)N2CC3CCC(C2)O3)c1. The van der Waals surface area contributed by atoms with Crippen molar-refractivity contribution in [3.8, 4) is 5.75 Å². The normalized spacial score (nSPS) is 27.5. The number of nitrogens with two attached hydrogens (primary N) is 1. The third-order valence-corrected chi connectivity index (χ3v) is 4.29. The van der Waals surface area contributed by atoms with Crippen molar-refractivity contribution in [1.29, 1.82) is 0 Å². The minimum Gasteiger partial charge on any atom is -0.494 e. The summed E-state index contributed by atoms with van der Waals surface area (Å²) < 4.78 is 11.5. The molecule has 2 saturated heterocycles. The van der Waals surface area contributed by atoms with E-state index in [0.29, 0.717) is 25.4 Å². The number of hydrogen-bond donors (Lipinski definition) is 1. The van der Waals surface area contributed by atoms with Gasteiger partial charge < -0.3 is 15.2 Å². The quantitative estimate of drug-likeness (QED) is 0.893. The highest BCUT2D eigenvalue weighted by Crippen LogP contribution is 2.32. The predicted octanol–water partition coefficient (Wildman–Crippen LogP) is 1.95. The Morgan fingerprint density at radius 1 is 1.35 bits per heavy atom. The van der Waals surface area contributed by atoms with Crippen LogP contribution in [-0.2, 0) is 4.74 Å². The van der Waals surface area contributed by atoms with E-state index in [1.165, 1.54) is 18.4 Å². The van der Waals surface area contributed by atoms with E-state index < -0.39 is 0 Å². The highest BCUT2D eigenvalue weighted by atomic mass is 16.5. The van der Waals surface area contributed by atoms with Gasteiger partial charge in [-0.2, -0.15) is 0 Å². The van der Waals surface area contributed by atoms with Gasteiger partial charge in [0.25, 0.3) is 0 Å². The molecule has 1 aromatic carbocycles. The van der Waals surface area contributed by atoms with E-state index in [4.69, 9.17) is 15.2 Å². The van der Waals surface area contributed by atoms with Gasteiger partial charge in [0.2, 0.25) is 0 Å². The molecule has 2 aliphatic rings. The van der Waals surface area contributed by atoms with Gasteiger partial charge in [0.15, 0.2) is 0 Å². The number of morpholine rings is 1. The van der Waals surface area contributed by atoms with Crippen molar-refractivity contribution in [3.05, 3.63) is 29.8 Å². The van der Waals surface area contributed by atoms with E-state index in [0.717, 1.165) is 18.8 Å². The van der Waals surface area contributed by atoms with Crippen molar-refractivity contribution in [2.75, 3.05) is 26.2 Å². The van der Waals surface area contributed by atoms with Crippen LogP contribution < -0.4 is 10.5 Å². The fraction of sp³-hybridized carbons (Fsp3) is 0.625. The molecule has 0 aromatic heterocycles. The van der Waals surface area contributed by atoms with E-state index in [2.05, 4.69) is 23.1 Å². The average Bonchev–Trinajstić information content (AvgIpc) is 2.79. The second-order valence-electron chi connectivity index (χ2n) is 5.67. The van der Waals surface area contributed by atoms with Gasteiger partial charge in [-0.05, 0) is 37.5 Å². The summed E-state index contributed by atoms with van der Waals surface area (Å²) in [6, 6.07) is 8.60. The van der Waals surface area contributed by atoms with Gasteiger partial charge in [-0.15, -0.1) is 0 Å². The van der Waals surface area contributed by atoms with E-state index in [-0.39, 0.29) is 6.04 Å². The van der Waals surface area contributed by atoms with Crippen molar-refractivity contribution in [1.82, 2.24) is 4.90 Å².